The molecule has 0 saturated carbocycles. The molecular formula is C7H11N3O3. The van der Waals surface area contributed by atoms with E-state index in [4.69, 9.17) is 5.73 Å². The third-order valence-corrected chi connectivity index (χ3v) is 1.88. The number of hydrogen-bond acceptors (Lipinski definition) is 4. The van der Waals surface area contributed by atoms with Gasteiger partial charge in [-0.25, -0.2) is 0 Å². The number of rotatable bonds is 2. The van der Waals surface area contributed by atoms with Crippen LogP contribution < -0.4 is 5.73 Å². The zero-order valence-electron chi connectivity index (χ0n) is 7.43. The largest absolute Gasteiger partial charge is 0.311 e. The fourth-order valence-electron chi connectivity index (χ4n) is 1.14. The molecule has 2 N–H and O–H groups in total. The SMILES string of the molecule is CC(C)N1C=C([N+](=O)[O-])C(N)C1=O. The van der Waals surface area contributed by atoms with Crippen molar-refractivity contribution in [1.29, 1.82) is 0 Å². The van der Waals surface area contributed by atoms with Crippen LogP contribution in [0, 0.1) is 10.1 Å². The highest BCUT2D eigenvalue weighted by molar-refractivity contribution is 5.88. The first-order valence-corrected chi connectivity index (χ1v) is 3.89. The van der Waals surface area contributed by atoms with E-state index in [-0.39, 0.29) is 11.7 Å². The molecule has 1 amide bonds. The predicted molar refractivity (Wildman–Crippen MR) is 45.0 cm³/mol. The van der Waals surface area contributed by atoms with Crippen LogP contribution in [0.2, 0.25) is 0 Å². The van der Waals surface area contributed by atoms with Crippen LogP contribution in [0.15, 0.2) is 11.9 Å². The molecule has 0 radical (unpaired) electrons. The summed E-state index contributed by atoms with van der Waals surface area (Å²) in [5.41, 5.74) is 5.11. The summed E-state index contributed by atoms with van der Waals surface area (Å²) in [6.45, 7) is 3.54. The number of amides is 1. The van der Waals surface area contributed by atoms with Gasteiger partial charge in [-0.1, -0.05) is 0 Å². The van der Waals surface area contributed by atoms with E-state index >= 15 is 0 Å². The van der Waals surface area contributed by atoms with Gasteiger partial charge in [0.25, 0.3) is 11.6 Å². The van der Waals surface area contributed by atoms with Crippen molar-refractivity contribution in [1.82, 2.24) is 4.90 Å². The van der Waals surface area contributed by atoms with Gasteiger partial charge in [-0.2, -0.15) is 0 Å². The Morgan fingerprint density at radius 3 is 2.46 bits per heavy atom. The fraction of sp³-hybridized carbons (Fsp3) is 0.571. The predicted octanol–water partition coefficient (Wildman–Crippen LogP) is -0.318. The standard InChI is InChI=1S/C7H11N3O3/c1-4(2)9-3-5(10(12)13)6(8)7(9)11/h3-4,6H,8H2,1-2H3. The summed E-state index contributed by atoms with van der Waals surface area (Å²) in [7, 11) is 0. The third kappa shape index (κ3) is 1.52. The molecule has 72 valence electrons. The van der Waals surface area contributed by atoms with Crippen molar-refractivity contribution in [2.45, 2.75) is 25.9 Å². The lowest BCUT2D eigenvalue weighted by Crippen LogP contribution is -2.39. The van der Waals surface area contributed by atoms with Crippen LogP contribution in [-0.4, -0.2) is 27.8 Å². The van der Waals surface area contributed by atoms with Gasteiger partial charge in [-0.3, -0.25) is 14.9 Å². The van der Waals surface area contributed by atoms with E-state index in [0.29, 0.717) is 0 Å². The maximum absolute atomic E-state index is 11.3. The van der Waals surface area contributed by atoms with Crippen molar-refractivity contribution < 1.29 is 9.72 Å². The first-order valence-electron chi connectivity index (χ1n) is 3.89. The number of carbonyl (C=O) groups is 1. The van der Waals surface area contributed by atoms with Crippen LogP contribution in [0.4, 0.5) is 0 Å². The normalized spacial score (nSPS) is 22.5. The number of nitro groups is 1. The molecule has 0 spiro atoms. The number of nitrogens with zero attached hydrogens (tertiary/aromatic N) is 2. The summed E-state index contributed by atoms with van der Waals surface area (Å²) < 4.78 is 0. The maximum Gasteiger partial charge on any atom is 0.288 e. The van der Waals surface area contributed by atoms with Crippen LogP contribution in [0.3, 0.4) is 0 Å². The maximum atomic E-state index is 11.3. The van der Waals surface area contributed by atoms with Gasteiger partial charge in [0.1, 0.15) is 0 Å². The number of hydrogen-bond donors (Lipinski definition) is 1. The van der Waals surface area contributed by atoms with Gasteiger partial charge in [-0.05, 0) is 13.8 Å². The van der Waals surface area contributed by atoms with Gasteiger partial charge in [0.2, 0.25) is 0 Å². The van der Waals surface area contributed by atoms with Gasteiger partial charge in [0.15, 0.2) is 6.04 Å². The highest BCUT2D eigenvalue weighted by atomic mass is 16.6. The van der Waals surface area contributed by atoms with E-state index in [0.717, 1.165) is 0 Å². The molecule has 1 aliphatic rings. The zero-order valence-corrected chi connectivity index (χ0v) is 7.43. The molecule has 1 rings (SSSR count). The zero-order chi connectivity index (χ0) is 10.2. The lowest BCUT2D eigenvalue weighted by Gasteiger charge is -2.17. The van der Waals surface area contributed by atoms with Crippen molar-refractivity contribution in [3.8, 4) is 0 Å². The van der Waals surface area contributed by atoms with E-state index in [1.165, 1.54) is 11.1 Å². The highest BCUT2D eigenvalue weighted by Crippen LogP contribution is 2.17. The smallest absolute Gasteiger partial charge is 0.288 e. The molecule has 1 aliphatic heterocycles. The molecule has 6 heteroatoms. The Labute approximate surface area is 75.1 Å². The molecule has 0 saturated heterocycles. The molecule has 0 aromatic rings. The minimum atomic E-state index is -1.11. The van der Waals surface area contributed by atoms with Gasteiger partial charge >= 0.3 is 0 Å². The molecule has 1 heterocycles. The minimum absolute atomic E-state index is 0.101. The van der Waals surface area contributed by atoms with Crippen molar-refractivity contribution in [3.05, 3.63) is 22.0 Å². The average molecular weight is 185 g/mol. The lowest BCUT2D eigenvalue weighted by molar-refractivity contribution is -0.427. The van der Waals surface area contributed by atoms with Crippen LogP contribution in [-0.2, 0) is 4.79 Å². The van der Waals surface area contributed by atoms with Crippen molar-refractivity contribution >= 4 is 5.91 Å². The van der Waals surface area contributed by atoms with E-state index in [9.17, 15) is 14.9 Å². The van der Waals surface area contributed by atoms with Crippen LogP contribution in [0.1, 0.15) is 13.8 Å². The second kappa shape index (κ2) is 3.14. The molecule has 0 aromatic carbocycles. The van der Waals surface area contributed by atoms with Crippen LogP contribution in [0.25, 0.3) is 0 Å². The van der Waals surface area contributed by atoms with Crippen molar-refractivity contribution in [3.63, 3.8) is 0 Å². The Morgan fingerprint density at radius 2 is 2.23 bits per heavy atom. The molecule has 0 fully saturated rings. The topological polar surface area (TPSA) is 89.5 Å². The molecule has 6 nitrogen and oxygen atoms in total. The fourth-order valence-corrected chi connectivity index (χ4v) is 1.14. The second-order valence-electron chi connectivity index (χ2n) is 3.13. The van der Waals surface area contributed by atoms with Gasteiger partial charge in [-0.15, -0.1) is 0 Å². The van der Waals surface area contributed by atoms with Crippen molar-refractivity contribution in [2.24, 2.45) is 5.73 Å². The van der Waals surface area contributed by atoms with E-state index in [1.54, 1.807) is 13.8 Å². The summed E-state index contributed by atoms with van der Waals surface area (Å²) in [5.74, 6) is -0.415. The summed E-state index contributed by atoms with van der Waals surface area (Å²) in [6, 6.07) is -1.21. The number of carbonyl (C=O) groups excluding carboxylic acids is 1. The Balaban J connectivity index is 2.95. The summed E-state index contributed by atoms with van der Waals surface area (Å²) in [5, 5.41) is 10.4. The average Bonchev–Trinajstić information content (AvgIpc) is 2.29. The Hall–Kier alpha value is -1.43. The Kier molecular flexibility index (Phi) is 2.33. The van der Waals surface area contributed by atoms with Crippen LogP contribution >= 0.6 is 0 Å². The molecule has 0 aromatic heterocycles. The first-order chi connectivity index (χ1) is 5.95. The van der Waals surface area contributed by atoms with Gasteiger partial charge in [0.05, 0.1) is 11.1 Å². The first kappa shape index (κ1) is 9.66. The highest BCUT2D eigenvalue weighted by Gasteiger charge is 2.39. The molecule has 0 aliphatic carbocycles. The molecule has 0 bridgehead atoms. The van der Waals surface area contributed by atoms with Gasteiger partial charge < -0.3 is 10.6 Å². The molecular weight excluding hydrogens is 174 g/mol. The molecule has 1 unspecified atom stereocenters. The summed E-state index contributed by atoms with van der Waals surface area (Å²) in [4.78, 5) is 22.4. The lowest BCUT2D eigenvalue weighted by atomic mass is 10.2. The monoisotopic (exact) mass is 185 g/mol. The van der Waals surface area contributed by atoms with Gasteiger partial charge in [0, 0.05) is 6.04 Å². The minimum Gasteiger partial charge on any atom is -0.311 e. The van der Waals surface area contributed by atoms with E-state index < -0.39 is 16.9 Å². The second-order valence-corrected chi connectivity index (χ2v) is 3.13. The summed E-state index contributed by atoms with van der Waals surface area (Å²) >= 11 is 0. The van der Waals surface area contributed by atoms with E-state index in [1.807, 2.05) is 0 Å². The molecule has 13 heavy (non-hydrogen) atoms. The Morgan fingerprint density at radius 1 is 1.69 bits per heavy atom. The van der Waals surface area contributed by atoms with Crippen molar-refractivity contribution in [2.75, 3.05) is 0 Å². The third-order valence-electron chi connectivity index (χ3n) is 1.88. The number of nitrogens with two attached hydrogens (primary N) is 1. The quantitative estimate of drug-likeness (QED) is 0.471. The molecule has 1 atom stereocenters. The van der Waals surface area contributed by atoms with Crippen LogP contribution in [0.5, 0.6) is 0 Å². The van der Waals surface area contributed by atoms with E-state index in [2.05, 4.69) is 0 Å². The summed E-state index contributed by atoms with van der Waals surface area (Å²) in [6.07, 6.45) is 1.21. The Bertz CT molecular complexity index is 285.